The molecule has 8 atom stereocenters. The summed E-state index contributed by atoms with van der Waals surface area (Å²) >= 11 is 0. The lowest BCUT2D eigenvalue weighted by molar-refractivity contribution is -0.577. The van der Waals surface area contributed by atoms with Crippen LogP contribution < -0.4 is 9.46 Å². The van der Waals surface area contributed by atoms with Crippen LogP contribution in [0.3, 0.4) is 0 Å². The number of anilines is 1. The standard InChI is InChI=1S/C31H39NO8S/c1-21-12-13-27-22(2)28(37-29-31(27)26(21)14-16-30(3,38-29)39-40-31)36-18-17-35-25-11-7-8-23(20-25)15-19-41(33,34)32-24-9-5-4-6-10-24/h4-11,15,19-22,26-29,32H,12-14,16-18H2,1-3H3/b19-15+/t21-,22-,26+,27+,28-,29-,30-,31-/m1/s1. The Balaban J connectivity index is 1.05. The third-order valence-corrected chi connectivity index (χ3v) is 10.1. The number of ether oxygens (including phenoxy) is 4. The molecule has 0 amide bonds. The van der Waals surface area contributed by atoms with Crippen LogP contribution in [0.1, 0.15) is 52.0 Å². The maximum Gasteiger partial charge on any atom is 0.255 e. The largest absolute Gasteiger partial charge is 0.491 e. The van der Waals surface area contributed by atoms with Crippen LogP contribution in [0.25, 0.3) is 6.08 Å². The third-order valence-electron chi connectivity index (χ3n) is 9.06. The molecule has 5 aliphatic rings. The number of hydrogen-bond donors (Lipinski definition) is 1. The zero-order chi connectivity index (χ0) is 28.7. The molecule has 0 unspecified atom stereocenters. The summed E-state index contributed by atoms with van der Waals surface area (Å²) in [5.41, 5.74) is 0.599. The normalized spacial score (nSPS) is 36.5. The molecule has 1 N–H and O–H groups in total. The predicted molar refractivity (Wildman–Crippen MR) is 153 cm³/mol. The van der Waals surface area contributed by atoms with Crippen molar-refractivity contribution in [2.45, 2.75) is 70.4 Å². The quantitative estimate of drug-likeness (QED) is 0.295. The number of hydrogen-bond acceptors (Lipinski definition) is 8. The molecule has 1 aliphatic carbocycles. The molecule has 5 fully saturated rings. The van der Waals surface area contributed by atoms with E-state index in [1.165, 1.54) is 6.08 Å². The lowest BCUT2D eigenvalue weighted by atomic mass is 9.58. The van der Waals surface area contributed by atoms with E-state index >= 15 is 0 Å². The number of para-hydroxylation sites is 1. The molecule has 2 aromatic rings. The number of benzene rings is 2. The van der Waals surface area contributed by atoms with E-state index in [9.17, 15) is 8.42 Å². The van der Waals surface area contributed by atoms with Crippen LogP contribution in [-0.2, 0) is 34.0 Å². The van der Waals surface area contributed by atoms with Crippen molar-refractivity contribution in [1.82, 2.24) is 0 Å². The van der Waals surface area contributed by atoms with Crippen molar-refractivity contribution in [2.24, 2.45) is 23.7 Å². The zero-order valence-electron chi connectivity index (χ0n) is 23.7. The van der Waals surface area contributed by atoms with Gasteiger partial charge in [-0.2, -0.15) is 0 Å². The molecule has 0 radical (unpaired) electrons. The molecule has 7 rings (SSSR count). The molecule has 2 bridgehead atoms. The Hall–Kier alpha value is -2.47. The minimum atomic E-state index is -3.64. The van der Waals surface area contributed by atoms with Gasteiger partial charge < -0.3 is 18.9 Å². The van der Waals surface area contributed by atoms with Crippen molar-refractivity contribution in [3.63, 3.8) is 0 Å². The second kappa shape index (κ2) is 11.3. The van der Waals surface area contributed by atoms with Crippen LogP contribution >= 0.6 is 0 Å². The first-order valence-corrected chi connectivity index (χ1v) is 16.0. The molecular weight excluding hydrogens is 546 g/mol. The Labute approximate surface area is 242 Å². The highest BCUT2D eigenvalue weighted by atomic mass is 32.2. The molecule has 4 aliphatic heterocycles. The van der Waals surface area contributed by atoms with Crippen LogP contribution in [0, 0.1) is 23.7 Å². The summed E-state index contributed by atoms with van der Waals surface area (Å²) in [7, 11) is -3.64. The van der Waals surface area contributed by atoms with Crippen molar-refractivity contribution in [3.05, 3.63) is 65.6 Å². The van der Waals surface area contributed by atoms with Crippen LogP contribution in [0.15, 0.2) is 60.0 Å². The lowest BCUT2D eigenvalue weighted by Gasteiger charge is -2.60. The van der Waals surface area contributed by atoms with Gasteiger partial charge in [-0.1, -0.05) is 44.2 Å². The lowest BCUT2D eigenvalue weighted by Crippen LogP contribution is -2.70. The van der Waals surface area contributed by atoms with Crippen molar-refractivity contribution in [1.29, 1.82) is 0 Å². The maximum atomic E-state index is 12.4. The average Bonchev–Trinajstić information content (AvgIpc) is 3.19. The minimum Gasteiger partial charge on any atom is -0.491 e. The minimum absolute atomic E-state index is 0.0933. The molecular formula is C31H39NO8S. The number of rotatable bonds is 9. The van der Waals surface area contributed by atoms with Gasteiger partial charge in [0, 0.05) is 23.9 Å². The summed E-state index contributed by atoms with van der Waals surface area (Å²) in [4.78, 5) is 12.1. The van der Waals surface area contributed by atoms with Crippen LogP contribution in [0.5, 0.6) is 5.75 Å². The fourth-order valence-electron chi connectivity index (χ4n) is 6.97. The Morgan fingerprint density at radius 3 is 2.66 bits per heavy atom. The molecule has 1 saturated carbocycles. The van der Waals surface area contributed by atoms with Gasteiger partial charge in [-0.05, 0) is 73.9 Å². The van der Waals surface area contributed by atoms with Gasteiger partial charge >= 0.3 is 0 Å². The first-order chi connectivity index (χ1) is 19.7. The Morgan fingerprint density at radius 2 is 1.83 bits per heavy atom. The van der Waals surface area contributed by atoms with E-state index in [0.717, 1.165) is 31.1 Å². The van der Waals surface area contributed by atoms with Gasteiger partial charge in [0.25, 0.3) is 10.0 Å². The van der Waals surface area contributed by atoms with Gasteiger partial charge in [0.05, 0.1) is 12.0 Å². The van der Waals surface area contributed by atoms with Crippen molar-refractivity contribution in [2.75, 3.05) is 17.9 Å². The molecule has 41 heavy (non-hydrogen) atoms. The van der Waals surface area contributed by atoms with Gasteiger partial charge in [-0.15, -0.1) is 0 Å². The van der Waals surface area contributed by atoms with E-state index in [1.807, 2.05) is 31.2 Å². The zero-order valence-corrected chi connectivity index (χ0v) is 24.5. The predicted octanol–water partition coefficient (Wildman–Crippen LogP) is 5.70. The fourth-order valence-corrected chi connectivity index (χ4v) is 7.84. The molecule has 9 nitrogen and oxygen atoms in total. The SMILES string of the molecule is C[C@H]1[C@H](OCCOc2cccc(/C=C/S(=O)(=O)Nc3ccccc3)c2)O[C@@H]2O[C@@]3(C)CC[C@H]4[C@H](C)CC[C@@H]1[C@@]24OO3. The first-order valence-electron chi connectivity index (χ1n) is 14.5. The van der Waals surface area contributed by atoms with Crippen LogP contribution in [-0.4, -0.2) is 45.6 Å². The van der Waals surface area contributed by atoms with Crippen molar-refractivity contribution in [3.8, 4) is 5.75 Å². The smallest absolute Gasteiger partial charge is 0.255 e. The summed E-state index contributed by atoms with van der Waals surface area (Å²) in [5, 5.41) is 1.14. The Morgan fingerprint density at radius 1 is 1.00 bits per heavy atom. The van der Waals surface area contributed by atoms with Gasteiger partial charge in [0.15, 0.2) is 18.2 Å². The molecule has 4 heterocycles. The monoisotopic (exact) mass is 585 g/mol. The Bertz CT molecular complexity index is 1350. The van der Waals surface area contributed by atoms with Gasteiger partial charge in [-0.25, -0.2) is 18.2 Å². The van der Waals surface area contributed by atoms with E-state index < -0.39 is 34.0 Å². The van der Waals surface area contributed by atoms with E-state index in [0.29, 0.717) is 42.0 Å². The molecule has 1 spiro atoms. The highest BCUT2D eigenvalue weighted by molar-refractivity contribution is 7.95. The summed E-state index contributed by atoms with van der Waals surface area (Å²) in [6.45, 7) is 7.01. The number of sulfonamides is 1. The van der Waals surface area contributed by atoms with Gasteiger partial charge in [0.1, 0.15) is 12.4 Å². The third kappa shape index (κ3) is 5.78. The summed E-state index contributed by atoms with van der Waals surface area (Å²) in [6.07, 6.45) is 4.45. The average molecular weight is 586 g/mol. The summed E-state index contributed by atoms with van der Waals surface area (Å²) < 4.78 is 52.4. The fraction of sp³-hybridized carbons (Fsp3) is 0.548. The second-order valence-electron chi connectivity index (χ2n) is 11.9. The van der Waals surface area contributed by atoms with Crippen LogP contribution in [0.2, 0.25) is 0 Å². The number of nitrogens with one attached hydrogen (secondary N) is 1. The molecule has 2 aromatic carbocycles. The first kappa shape index (κ1) is 28.6. The highest BCUT2D eigenvalue weighted by Gasteiger charge is 2.69. The Kier molecular flexibility index (Phi) is 7.90. The van der Waals surface area contributed by atoms with E-state index in [1.54, 1.807) is 30.3 Å². The van der Waals surface area contributed by atoms with Crippen molar-refractivity contribution < 1.29 is 37.1 Å². The summed E-state index contributed by atoms with van der Waals surface area (Å²) in [5.74, 6) is 0.916. The summed E-state index contributed by atoms with van der Waals surface area (Å²) in [6, 6.07) is 16.0. The van der Waals surface area contributed by atoms with Gasteiger partial charge in [0.2, 0.25) is 5.79 Å². The maximum absolute atomic E-state index is 12.4. The van der Waals surface area contributed by atoms with Crippen molar-refractivity contribution >= 4 is 21.8 Å². The van der Waals surface area contributed by atoms with Gasteiger partial charge in [-0.3, -0.25) is 4.72 Å². The second-order valence-corrected chi connectivity index (χ2v) is 13.4. The topological polar surface area (TPSA) is 102 Å². The van der Waals surface area contributed by atoms with E-state index in [4.69, 9.17) is 28.7 Å². The molecule has 0 aromatic heterocycles. The molecule has 10 heteroatoms. The molecule has 222 valence electrons. The van der Waals surface area contributed by atoms with E-state index in [2.05, 4.69) is 18.6 Å². The molecule has 4 saturated heterocycles. The van der Waals surface area contributed by atoms with E-state index in [-0.39, 0.29) is 11.8 Å². The van der Waals surface area contributed by atoms with Crippen LogP contribution in [0.4, 0.5) is 5.69 Å². The highest BCUT2D eigenvalue weighted by Crippen LogP contribution is 2.60. The number of fused-ring (bicyclic) bond motifs is 2.